The Bertz CT molecular complexity index is 507. The van der Waals surface area contributed by atoms with E-state index in [4.69, 9.17) is 4.74 Å². The zero-order valence-corrected chi connectivity index (χ0v) is 15.7. The van der Waals surface area contributed by atoms with Crippen molar-refractivity contribution < 1.29 is 9.53 Å². The zero-order chi connectivity index (χ0) is 16.8. The van der Waals surface area contributed by atoms with E-state index in [-0.39, 0.29) is 6.09 Å². The summed E-state index contributed by atoms with van der Waals surface area (Å²) in [5, 5.41) is 4.22. The molecular weight excluding hydrogens is 290 g/mol. The van der Waals surface area contributed by atoms with Gasteiger partial charge >= 0.3 is 6.09 Å². The maximum absolute atomic E-state index is 11.5. The molecule has 0 aliphatic rings. The summed E-state index contributed by atoms with van der Waals surface area (Å²) in [6.07, 6.45) is 4.58. The Kier molecular flexibility index (Phi) is 6.42. The van der Waals surface area contributed by atoms with Crippen molar-refractivity contribution in [1.82, 2.24) is 5.32 Å². The molecule has 1 N–H and O–H groups in total. The highest BCUT2D eigenvalue weighted by molar-refractivity contribution is 6.88. The molecule has 1 amide bonds. The van der Waals surface area contributed by atoms with Crippen LogP contribution >= 0.6 is 0 Å². The van der Waals surface area contributed by atoms with E-state index in [1.54, 1.807) is 0 Å². The quantitative estimate of drug-likeness (QED) is 0.654. The van der Waals surface area contributed by atoms with Gasteiger partial charge in [0.25, 0.3) is 0 Å². The van der Waals surface area contributed by atoms with E-state index in [0.29, 0.717) is 6.54 Å². The molecule has 0 aliphatic heterocycles. The Balaban J connectivity index is 2.36. The van der Waals surface area contributed by atoms with E-state index in [2.05, 4.69) is 61.4 Å². The van der Waals surface area contributed by atoms with Crippen molar-refractivity contribution in [3.8, 4) is 0 Å². The Morgan fingerprint density at radius 3 is 2.27 bits per heavy atom. The standard InChI is InChI=1S/C18H29NO2Si/c1-18(2,3)21-17(20)19-14-8-7-9-15-10-12-16(13-11-15)22(4,5)6/h7,9-13H,8,14H2,1-6H3,(H,19,20). The second-order valence-electron chi connectivity index (χ2n) is 7.49. The van der Waals surface area contributed by atoms with Gasteiger partial charge in [0, 0.05) is 6.54 Å². The van der Waals surface area contributed by atoms with Crippen molar-refractivity contribution in [2.45, 2.75) is 52.4 Å². The number of hydrogen-bond donors (Lipinski definition) is 1. The van der Waals surface area contributed by atoms with Crippen molar-refractivity contribution in [3.63, 3.8) is 0 Å². The van der Waals surface area contributed by atoms with Gasteiger partial charge in [-0.2, -0.15) is 0 Å². The molecule has 1 rings (SSSR count). The maximum Gasteiger partial charge on any atom is 0.407 e. The summed E-state index contributed by atoms with van der Waals surface area (Å²) >= 11 is 0. The monoisotopic (exact) mass is 319 g/mol. The molecule has 0 unspecified atom stereocenters. The second kappa shape index (κ2) is 7.63. The summed E-state index contributed by atoms with van der Waals surface area (Å²) in [4.78, 5) is 11.5. The van der Waals surface area contributed by atoms with E-state index < -0.39 is 13.7 Å². The molecule has 1 aromatic rings. The normalized spacial score (nSPS) is 12.5. The smallest absolute Gasteiger partial charge is 0.407 e. The zero-order valence-electron chi connectivity index (χ0n) is 14.7. The molecule has 122 valence electrons. The van der Waals surface area contributed by atoms with Crippen LogP contribution in [0.1, 0.15) is 32.8 Å². The lowest BCUT2D eigenvalue weighted by Crippen LogP contribution is -2.37. The van der Waals surface area contributed by atoms with Crippen LogP contribution < -0.4 is 10.5 Å². The van der Waals surface area contributed by atoms with Crippen LogP contribution in [0.2, 0.25) is 19.6 Å². The lowest BCUT2D eigenvalue weighted by atomic mass is 10.2. The molecule has 0 aliphatic carbocycles. The fourth-order valence-electron chi connectivity index (χ4n) is 1.89. The fraction of sp³-hybridized carbons (Fsp3) is 0.500. The van der Waals surface area contributed by atoms with Crippen molar-refractivity contribution in [1.29, 1.82) is 0 Å². The number of nitrogens with one attached hydrogen (secondary N) is 1. The number of rotatable bonds is 5. The van der Waals surface area contributed by atoms with Gasteiger partial charge in [0.1, 0.15) is 5.60 Å². The lowest BCUT2D eigenvalue weighted by molar-refractivity contribution is 0.0529. The number of carbonyl (C=O) groups excluding carboxylic acids is 1. The van der Waals surface area contributed by atoms with Crippen LogP contribution in [0.4, 0.5) is 4.79 Å². The van der Waals surface area contributed by atoms with Crippen molar-refractivity contribution in [2.24, 2.45) is 0 Å². The average Bonchev–Trinajstić information content (AvgIpc) is 2.35. The summed E-state index contributed by atoms with van der Waals surface area (Å²) < 4.78 is 5.18. The summed E-state index contributed by atoms with van der Waals surface area (Å²) in [6, 6.07) is 8.77. The molecule has 0 saturated heterocycles. The van der Waals surface area contributed by atoms with E-state index >= 15 is 0 Å². The lowest BCUT2D eigenvalue weighted by Gasteiger charge is -2.19. The molecule has 0 spiro atoms. The highest BCUT2D eigenvalue weighted by Crippen LogP contribution is 2.07. The van der Waals surface area contributed by atoms with Gasteiger partial charge < -0.3 is 10.1 Å². The third-order valence-electron chi connectivity index (χ3n) is 3.07. The molecule has 0 radical (unpaired) electrons. The van der Waals surface area contributed by atoms with Crippen LogP contribution in [0.25, 0.3) is 6.08 Å². The van der Waals surface area contributed by atoms with Crippen LogP contribution in [-0.4, -0.2) is 26.3 Å². The predicted molar refractivity (Wildman–Crippen MR) is 97.3 cm³/mol. The predicted octanol–water partition coefficient (Wildman–Crippen LogP) is 4.16. The van der Waals surface area contributed by atoms with Crippen molar-refractivity contribution >= 4 is 25.4 Å². The molecule has 0 aromatic heterocycles. The average molecular weight is 320 g/mol. The Morgan fingerprint density at radius 1 is 1.18 bits per heavy atom. The van der Waals surface area contributed by atoms with Crippen LogP contribution in [0, 0.1) is 0 Å². The molecule has 0 bridgehead atoms. The Labute approximate surface area is 135 Å². The van der Waals surface area contributed by atoms with E-state index in [0.717, 1.165) is 6.42 Å². The molecule has 1 aromatic carbocycles. The molecule has 4 heteroatoms. The molecule has 0 heterocycles. The number of benzene rings is 1. The van der Waals surface area contributed by atoms with E-state index in [9.17, 15) is 4.79 Å². The van der Waals surface area contributed by atoms with E-state index in [1.807, 2.05) is 20.8 Å². The summed E-state index contributed by atoms with van der Waals surface area (Å²) in [5.74, 6) is 0. The first-order valence-corrected chi connectivity index (χ1v) is 11.3. The van der Waals surface area contributed by atoms with Crippen molar-refractivity contribution in [2.75, 3.05) is 6.54 Å². The second-order valence-corrected chi connectivity index (χ2v) is 12.6. The van der Waals surface area contributed by atoms with Crippen LogP contribution in [0.5, 0.6) is 0 Å². The third-order valence-corrected chi connectivity index (χ3v) is 5.13. The van der Waals surface area contributed by atoms with E-state index in [1.165, 1.54) is 10.8 Å². The molecular formula is C18H29NO2Si. The highest BCUT2D eigenvalue weighted by Gasteiger charge is 2.15. The van der Waals surface area contributed by atoms with Gasteiger partial charge in [-0.1, -0.05) is 61.2 Å². The molecule has 0 fully saturated rings. The molecule has 0 saturated carbocycles. The van der Waals surface area contributed by atoms with Gasteiger partial charge in [-0.25, -0.2) is 4.79 Å². The number of alkyl carbamates (subject to hydrolysis) is 1. The highest BCUT2D eigenvalue weighted by atomic mass is 28.3. The number of carbonyl (C=O) groups is 1. The minimum atomic E-state index is -1.22. The first kappa shape index (κ1) is 18.5. The number of ether oxygens (including phenoxy) is 1. The van der Waals surface area contributed by atoms with Gasteiger partial charge in [-0.15, -0.1) is 0 Å². The Hall–Kier alpha value is -1.55. The molecule has 22 heavy (non-hydrogen) atoms. The minimum Gasteiger partial charge on any atom is -0.444 e. The van der Waals surface area contributed by atoms with Crippen molar-refractivity contribution in [3.05, 3.63) is 35.9 Å². The van der Waals surface area contributed by atoms with Crippen LogP contribution in [0.3, 0.4) is 0 Å². The number of hydrogen-bond acceptors (Lipinski definition) is 2. The first-order chi connectivity index (χ1) is 10.1. The fourth-order valence-corrected chi connectivity index (χ4v) is 3.05. The maximum atomic E-state index is 11.5. The van der Waals surface area contributed by atoms with Gasteiger partial charge in [0.15, 0.2) is 0 Å². The minimum absolute atomic E-state index is 0.361. The summed E-state index contributed by atoms with van der Waals surface area (Å²) in [5.41, 5.74) is 0.747. The first-order valence-electron chi connectivity index (χ1n) is 7.82. The summed E-state index contributed by atoms with van der Waals surface area (Å²) in [6.45, 7) is 13.2. The SMILES string of the molecule is CC(C)(C)OC(=O)NCCC=Cc1ccc([Si](C)(C)C)cc1. The van der Waals surface area contributed by atoms with Crippen LogP contribution in [-0.2, 0) is 4.74 Å². The van der Waals surface area contributed by atoms with Gasteiger partial charge in [-0.05, 0) is 32.8 Å². The van der Waals surface area contributed by atoms with Gasteiger partial charge in [0.05, 0.1) is 8.07 Å². The van der Waals surface area contributed by atoms with Gasteiger partial charge in [-0.3, -0.25) is 0 Å². The van der Waals surface area contributed by atoms with Crippen LogP contribution in [0.15, 0.2) is 30.3 Å². The molecule has 0 atom stereocenters. The number of amides is 1. The van der Waals surface area contributed by atoms with Gasteiger partial charge in [0.2, 0.25) is 0 Å². The summed E-state index contributed by atoms with van der Waals surface area (Å²) in [7, 11) is -1.22. The largest absolute Gasteiger partial charge is 0.444 e. The molecule has 3 nitrogen and oxygen atoms in total. The third kappa shape index (κ3) is 7.45. The Morgan fingerprint density at radius 2 is 1.77 bits per heavy atom. The topological polar surface area (TPSA) is 38.3 Å².